The molecule has 0 radical (unpaired) electrons. The average molecular weight is 305 g/mol. The number of hydrogen-bond donors (Lipinski definition) is 1. The molecule has 2 aromatic carbocycles. The van der Waals surface area contributed by atoms with Crippen molar-refractivity contribution in [1.82, 2.24) is 0 Å². The van der Waals surface area contributed by atoms with Gasteiger partial charge in [-0.25, -0.2) is 0 Å². The monoisotopic (exact) mass is 304 g/mol. The average Bonchev–Trinajstić information content (AvgIpc) is 2.45. The zero-order valence-electron chi connectivity index (χ0n) is 12.0. The number of hydrogen-bond acceptors (Lipinski definition) is 3. The van der Waals surface area contributed by atoms with Gasteiger partial charge in [-0.2, -0.15) is 0 Å². The Labute approximate surface area is 128 Å². The van der Waals surface area contributed by atoms with E-state index in [1.54, 1.807) is 12.1 Å². The molecule has 4 nitrogen and oxygen atoms in total. The van der Waals surface area contributed by atoms with Gasteiger partial charge < -0.3 is 5.32 Å². The van der Waals surface area contributed by atoms with E-state index in [2.05, 4.69) is 5.32 Å². The molecule has 21 heavy (non-hydrogen) atoms. The van der Waals surface area contributed by atoms with Gasteiger partial charge in [-0.05, 0) is 42.7 Å². The molecule has 0 saturated heterocycles. The molecular formula is C16H17ClN2O2. The third-order valence-electron chi connectivity index (χ3n) is 3.34. The summed E-state index contributed by atoms with van der Waals surface area (Å²) in [5.41, 5.74) is 2.50. The van der Waals surface area contributed by atoms with Gasteiger partial charge in [0.1, 0.15) is 5.69 Å². The lowest BCUT2D eigenvalue weighted by molar-refractivity contribution is -0.384. The summed E-state index contributed by atoms with van der Waals surface area (Å²) < 4.78 is 0. The van der Waals surface area contributed by atoms with Crippen LogP contribution in [0, 0.1) is 17.0 Å². The number of rotatable bonds is 5. The second kappa shape index (κ2) is 6.59. The Morgan fingerprint density at radius 3 is 2.67 bits per heavy atom. The van der Waals surface area contributed by atoms with E-state index in [9.17, 15) is 10.1 Å². The van der Waals surface area contributed by atoms with Crippen LogP contribution < -0.4 is 5.32 Å². The molecule has 0 aliphatic heterocycles. The Bertz CT molecular complexity index is 658. The molecule has 5 heteroatoms. The van der Waals surface area contributed by atoms with E-state index in [1.165, 1.54) is 0 Å². The standard InChI is InChI=1S/C16H17ClN2O2/c1-3-14(12-5-4-6-13(17)10-12)18-15-8-7-11(2)9-16(15)19(20)21/h4-10,14,18H,3H2,1-2H3. The maximum absolute atomic E-state index is 11.2. The van der Waals surface area contributed by atoms with Crippen molar-refractivity contribution < 1.29 is 4.92 Å². The van der Waals surface area contributed by atoms with E-state index in [4.69, 9.17) is 11.6 Å². The highest BCUT2D eigenvalue weighted by Gasteiger charge is 2.17. The molecule has 0 fully saturated rings. The van der Waals surface area contributed by atoms with Crippen LogP contribution in [0.1, 0.15) is 30.5 Å². The molecule has 0 bridgehead atoms. The second-order valence-electron chi connectivity index (χ2n) is 4.94. The largest absolute Gasteiger partial charge is 0.373 e. The van der Waals surface area contributed by atoms with E-state index in [1.807, 2.05) is 44.2 Å². The molecule has 0 saturated carbocycles. The summed E-state index contributed by atoms with van der Waals surface area (Å²) in [6, 6.07) is 12.7. The fraction of sp³-hybridized carbons (Fsp3) is 0.250. The Hall–Kier alpha value is -2.07. The fourth-order valence-corrected chi connectivity index (χ4v) is 2.45. The second-order valence-corrected chi connectivity index (χ2v) is 5.37. The van der Waals surface area contributed by atoms with Crippen LogP contribution in [0.3, 0.4) is 0 Å². The highest BCUT2D eigenvalue weighted by molar-refractivity contribution is 6.30. The van der Waals surface area contributed by atoms with Crippen LogP contribution in [-0.4, -0.2) is 4.92 Å². The van der Waals surface area contributed by atoms with Gasteiger partial charge in [-0.1, -0.05) is 36.7 Å². The van der Waals surface area contributed by atoms with Gasteiger partial charge >= 0.3 is 0 Å². The first kappa shape index (κ1) is 15.3. The fourth-order valence-electron chi connectivity index (χ4n) is 2.25. The van der Waals surface area contributed by atoms with Gasteiger partial charge in [0.05, 0.1) is 11.0 Å². The summed E-state index contributed by atoms with van der Waals surface area (Å²) in [6.07, 6.45) is 0.797. The molecule has 0 aliphatic carbocycles. The summed E-state index contributed by atoms with van der Waals surface area (Å²) in [5, 5.41) is 15.1. The number of benzene rings is 2. The number of nitrogens with one attached hydrogen (secondary N) is 1. The van der Waals surface area contributed by atoms with Crippen LogP contribution in [0.25, 0.3) is 0 Å². The van der Waals surface area contributed by atoms with Crippen molar-refractivity contribution in [3.05, 3.63) is 68.7 Å². The number of nitro groups is 1. The minimum absolute atomic E-state index is 0.0230. The Morgan fingerprint density at radius 1 is 1.29 bits per heavy atom. The SMILES string of the molecule is CCC(Nc1ccc(C)cc1[N+](=O)[O-])c1cccc(Cl)c1. The molecule has 0 aromatic heterocycles. The summed E-state index contributed by atoms with van der Waals surface area (Å²) in [4.78, 5) is 10.8. The zero-order chi connectivity index (χ0) is 15.4. The van der Waals surface area contributed by atoms with Gasteiger partial charge in [-0.3, -0.25) is 10.1 Å². The van der Waals surface area contributed by atoms with Crippen molar-refractivity contribution in [2.75, 3.05) is 5.32 Å². The maximum Gasteiger partial charge on any atom is 0.292 e. The van der Waals surface area contributed by atoms with E-state index in [-0.39, 0.29) is 16.7 Å². The third kappa shape index (κ3) is 3.73. The summed E-state index contributed by atoms with van der Waals surface area (Å²) in [7, 11) is 0. The quantitative estimate of drug-likeness (QED) is 0.616. The van der Waals surface area contributed by atoms with Crippen LogP contribution in [0.4, 0.5) is 11.4 Å². The lowest BCUT2D eigenvalue weighted by Crippen LogP contribution is -2.11. The van der Waals surface area contributed by atoms with Crippen LogP contribution in [0.5, 0.6) is 0 Å². The first-order chi connectivity index (χ1) is 10.0. The number of aryl methyl sites for hydroxylation is 1. The molecule has 1 N–H and O–H groups in total. The molecule has 0 spiro atoms. The van der Waals surface area contributed by atoms with Crippen molar-refractivity contribution in [2.24, 2.45) is 0 Å². The molecule has 0 amide bonds. The van der Waals surface area contributed by atoms with E-state index in [0.29, 0.717) is 10.7 Å². The number of halogens is 1. The molecular weight excluding hydrogens is 288 g/mol. The first-order valence-corrected chi connectivity index (χ1v) is 7.16. The normalized spacial score (nSPS) is 12.0. The number of nitrogens with zero attached hydrogens (tertiary/aromatic N) is 1. The molecule has 1 unspecified atom stereocenters. The molecule has 0 heterocycles. The van der Waals surface area contributed by atoms with Gasteiger partial charge in [0.15, 0.2) is 0 Å². The van der Waals surface area contributed by atoms with Crippen LogP contribution in [0.15, 0.2) is 42.5 Å². The molecule has 110 valence electrons. The highest BCUT2D eigenvalue weighted by atomic mass is 35.5. The predicted molar refractivity (Wildman–Crippen MR) is 85.9 cm³/mol. The number of nitro benzene ring substituents is 1. The molecule has 2 rings (SSSR count). The summed E-state index contributed by atoms with van der Waals surface area (Å²) in [6.45, 7) is 3.86. The van der Waals surface area contributed by atoms with Gasteiger partial charge in [0.25, 0.3) is 5.69 Å². The van der Waals surface area contributed by atoms with Crippen LogP contribution in [-0.2, 0) is 0 Å². The van der Waals surface area contributed by atoms with Gasteiger partial charge in [-0.15, -0.1) is 0 Å². The highest BCUT2D eigenvalue weighted by Crippen LogP contribution is 2.31. The third-order valence-corrected chi connectivity index (χ3v) is 3.57. The summed E-state index contributed by atoms with van der Waals surface area (Å²) in [5.74, 6) is 0. The van der Waals surface area contributed by atoms with Crippen molar-refractivity contribution >= 4 is 23.0 Å². The number of anilines is 1. The van der Waals surface area contributed by atoms with Crippen molar-refractivity contribution in [3.63, 3.8) is 0 Å². The van der Waals surface area contributed by atoms with E-state index >= 15 is 0 Å². The van der Waals surface area contributed by atoms with E-state index < -0.39 is 0 Å². The smallest absolute Gasteiger partial charge is 0.292 e. The lowest BCUT2D eigenvalue weighted by atomic mass is 10.0. The van der Waals surface area contributed by atoms with Crippen molar-refractivity contribution in [1.29, 1.82) is 0 Å². The molecule has 0 aliphatic rings. The van der Waals surface area contributed by atoms with Crippen molar-refractivity contribution in [2.45, 2.75) is 26.3 Å². The zero-order valence-corrected chi connectivity index (χ0v) is 12.7. The predicted octanol–water partition coefficient (Wildman–Crippen LogP) is 5.12. The van der Waals surface area contributed by atoms with Gasteiger partial charge in [0.2, 0.25) is 0 Å². The summed E-state index contributed by atoms with van der Waals surface area (Å²) >= 11 is 6.02. The first-order valence-electron chi connectivity index (χ1n) is 6.78. The molecule has 1 atom stereocenters. The van der Waals surface area contributed by atoms with Crippen LogP contribution in [0.2, 0.25) is 5.02 Å². The molecule has 2 aromatic rings. The lowest BCUT2D eigenvalue weighted by Gasteiger charge is -2.19. The van der Waals surface area contributed by atoms with Crippen LogP contribution >= 0.6 is 11.6 Å². The Kier molecular flexibility index (Phi) is 4.81. The van der Waals surface area contributed by atoms with Gasteiger partial charge in [0, 0.05) is 11.1 Å². The minimum atomic E-state index is -0.361. The van der Waals surface area contributed by atoms with E-state index in [0.717, 1.165) is 17.5 Å². The topological polar surface area (TPSA) is 55.2 Å². The Balaban J connectivity index is 2.33. The minimum Gasteiger partial charge on any atom is -0.373 e. The van der Waals surface area contributed by atoms with Crippen molar-refractivity contribution in [3.8, 4) is 0 Å². The maximum atomic E-state index is 11.2. The Morgan fingerprint density at radius 2 is 2.05 bits per heavy atom.